The molecule has 3 rings (SSSR count). The highest BCUT2D eigenvalue weighted by Gasteiger charge is 2.34. The Hall–Kier alpha value is -1.62. The van der Waals surface area contributed by atoms with Gasteiger partial charge in [-0.05, 0) is 58.3 Å². The molecular formula is C19H30N4O. The van der Waals surface area contributed by atoms with Crippen LogP contribution in [-0.2, 0) is 4.79 Å². The second-order valence-corrected chi connectivity index (χ2v) is 7.42. The maximum Gasteiger partial charge on any atom is 0.227 e. The van der Waals surface area contributed by atoms with Crippen molar-refractivity contribution in [2.45, 2.75) is 38.1 Å². The summed E-state index contributed by atoms with van der Waals surface area (Å²) in [6.45, 7) is 3.71. The lowest BCUT2D eigenvalue weighted by Gasteiger charge is -2.41. The lowest BCUT2D eigenvalue weighted by Crippen LogP contribution is -2.53. The topological polar surface area (TPSA) is 39.7 Å². The minimum atomic E-state index is 0.114. The zero-order chi connectivity index (χ0) is 16.9. The molecule has 0 aromatic carbocycles. The summed E-state index contributed by atoms with van der Waals surface area (Å²) in [4.78, 5) is 24.3. The van der Waals surface area contributed by atoms with Crippen LogP contribution in [0.4, 0.5) is 5.82 Å². The molecule has 5 nitrogen and oxygen atoms in total. The average Bonchev–Trinajstić information content (AvgIpc) is 2.62. The maximum absolute atomic E-state index is 13.2. The molecule has 0 radical (unpaired) electrons. The first-order valence-electron chi connectivity index (χ1n) is 9.26. The van der Waals surface area contributed by atoms with Gasteiger partial charge in [0.1, 0.15) is 5.82 Å². The first-order valence-corrected chi connectivity index (χ1v) is 9.26. The van der Waals surface area contributed by atoms with E-state index in [4.69, 9.17) is 0 Å². The van der Waals surface area contributed by atoms with E-state index in [0.717, 1.165) is 57.7 Å². The van der Waals surface area contributed by atoms with E-state index in [-0.39, 0.29) is 5.92 Å². The number of likely N-dealkylation sites (N-methyl/N-ethyl adjacent to an activating group) is 1. The Morgan fingerprint density at radius 3 is 2.83 bits per heavy atom. The van der Waals surface area contributed by atoms with Crippen molar-refractivity contribution in [2.75, 3.05) is 45.2 Å². The quantitative estimate of drug-likeness (QED) is 0.849. The van der Waals surface area contributed by atoms with Crippen LogP contribution in [-0.4, -0.2) is 67.0 Å². The van der Waals surface area contributed by atoms with Crippen molar-refractivity contribution in [3.63, 3.8) is 0 Å². The second-order valence-electron chi connectivity index (χ2n) is 7.42. The first-order chi connectivity index (χ1) is 11.6. The number of anilines is 1. The van der Waals surface area contributed by atoms with E-state index in [1.165, 1.54) is 6.42 Å². The molecule has 2 atom stereocenters. The molecule has 24 heavy (non-hydrogen) atoms. The summed E-state index contributed by atoms with van der Waals surface area (Å²) >= 11 is 0. The fourth-order valence-corrected chi connectivity index (χ4v) is 4.06. The molecular weight excluding hydrogens is 300 g/mol. The summed E-state index contributed by atoms with van der Waals surface area (Å²) in [5.74, 6) is 1.48. The van der Waals surface area contributed by atoms with Crippen LogP contribution in [0.15, 0.2) is 24.4 Å². The van der Waals surface area contributed by atoms with Crippen molar-refractivity contribution >= 4 is 11.7 Å². The van der Waals surface area contributed by atoms with Gasteiger partial charge in [-0.25, -0.2) is 4.98 Å². The average molecular weight is 330 g/mol. The molecule has 5 heteroatoms. The fraction of sp³-hybridized carbons (Fsp3) is 0.684. The van der Waals surface area contributed by atoms with E-state index in [1.807, 2.05) is 24.4 Å². The number of hydrogen-bond acceptors (Lipinski definition) is 4. The van der Waals surface area contributed by atoms with Crippen LogP contribution in [0, 0.1) is 5.92 Å². The van der Waals surface area contributed by atoms with E-state index in [0.29, 0.717) is 11.9 Å². The molecule has 1 aromatic heterocycles. The SMILES string of the molecule is CN(C)C[C@H]1CCCCN1C(=O)[C@@H]1CCCN(c2ccccn2)C1. The van der Waals surface area contributed by atoms with E-state index >= 15 is 0 Å². The van der Waals surface area contributed by atoms with Gasteiger partial charge in [0.2, 0.25) is 5.91 Å². The standard InChI is InChI=1S/C19H30N4O/c1-21(2)15-17-9-4-6-13-23(17)19(24)16-8-7-12-22(14-16)18-10-3-5-11-20-18/h3,5,10-11,16-17H,4,6-9,12-15H2,1-2H3/t16-,17-/m1/s1. The second kappa shape index (κ2) is 7.97. The van der Waals surface area contributed by atoms with Crippen molar-refractivity contribution in [3.05, 3.63) is 24.4 Å². The van der Waals surface area contributed by atoms with Gasteiger partial charge in [-0.15, -0.1) is 0 Å². The van der Waals surface area contributed by atoms with Crippen LogP contribution in [0.3, 0.4) is 0 Å². The van der Waals surface area contributed by atoms with E-state index in [2.05, 4.69) is 33.8 Å². The molecule has 0 spiro atoms. The summed E-state index contributed by atoms with van der Waals surface area (Å²) < 4.78 is 0. The van der Waals surface area contributed by atoms with Gasteiger partial charge in [0.05, 0.1) is 5.92 Å². The number of amides is 1. The number of carbonyl (C=O) groups is 1. The number of likely N-dealkylation sites (tertiary alicyclic amines) is 1. The Bertz CT molecular complexity index is 533. The Morgan fingerprint density at radius 1 is 1.21 bits per heavy atom. The molecule has 2 aliphatic rings. The van der Waals surface area contributed by atoms with Gasteiger partial charge in [-0.1, -0.05) is 6.07 Å². The predicted molar refractivity (Wildman–Crippen MR) is 97.1 cm³/mol. The van der Waals surface area contributed by atoms with Crippen molar-refractivity contribution < 1.29 is 4.79 Å². The van der Waals surface area contributed by atoms with Crippen LogP contribution in [0.25, 0.3) is 0 Å². The van der Waals surface area contributed by atoms with Crippen molar-refractivity contribution in [1.29, 1.82) is 0 Å². The number of piperidine rings is 2. The van der Waals surface area contributed by atoms with Crippen LogP contribution >= 0.6 is 0 Å². The van der Waals surface area contributed by atoms with Crippen molar-refractivity contribution in [3.8, 4) is 0 Å². The van der Waals surface area contributed by atoms with E-state index < -0.39 is 0 Å². The van der Waals surface area contributed by atoms with Crippen LogP contribution in [0.2, 0.25) is 0 Å². The van der Waals surface area contributed by atoms with Crippen LogP contribution in [0.5, 0.6) is 0 Å². The van der Waals surface area contributed by atoms with Crippen LogP contribution in [0.1, 0.15) is 32.1 Å². The Morgan fingerprint density at radius 2 is 2.08 bits per heavy atom. The molecule has 2 aliphatic heterocycles. The molecule has 0 unspecified atom stereocenters. The molecule has 132 valence electrons. The Balaban J connectivity index is 1.67. The highest BCUT2D eigenvalue weighted by atomic mass is 16.2. The van der Waals surface area contributed by atoms with Gasteiger partial charge in [0.15, 0.2) is 0 Å². The molecule has 1 aromatic rings. The van der Waals surface area contributed by atoms with E-state index in [9.17, 15) is 4.79 Å². The lowest BCUT2D eigenvalue weighted by atomic mass is 9.93. The predicted octanol–water partition coefficient (Wildman–Crippen LogP) is 2.24. The smallest absolute Gasteiger partial charge is 0.227 e. The summed E-state index contributed by atoms with van der Waals surface area (Å²) in [7, 11) is 4.20. The lowest BCUT2D eigenvalue weighted by molar-refractivity contribution is -0.139. The summed E-state index contributed by atoms with van der Waals surface area (Å²) in [5, 5.41) is 0. The minimum absolute atomic E-state index is 0.114. The normalized spacial score (nSPS) is 25.1. The number of rotatable bonds is 4. The Labute approximate surface area is 145 Å². The molecule has 2 saturated heterocycles. The highest BCUT2D eigenvalue weighted by molar-refractivity contribution is 5.80. The molecule has 3 heterocycles. The fourth-order valence-electron chi connectivity index (χ4n) is 4.06. The molecule has 0 aliphatic carbocycles. The number of nitrogens with zero attached hydrogens (tertiary/aromatic N) is 4. The molecule has 0 saturated carbocycles. The molecule has 2 fully saturated rings. The zero-order valence-corrected chi connectivity index (χ0v) is 15.0. The number of hydrogen-bond donors (Lipinski definition) is 0. The third-order valence-electron chi connectivity index (χ3n) is 5.23. The Kier molecular flexibility index (Phi) is 5.72. The summed E-state index contributed by atoms with van der Waals surface area (Å²) in [6.07, 6.45) is 7.44. The first kappa shape index (κ1) is 17.2. The molecule has 0 bridgehead atoms. The summed E-state index contributed by atoms with van der Waals surface area (Å²) in [6, 6.07) is 6.38. The van der Waals surface area contributed by atoms with Crippen molar-refractivity contribution in [1.82, 2.24) is 14.8 Å². The molecule has 0 N–H and O–H groups in total. The van der Waals surface area contributed by atoms with Gasteiger partial charge in [0.25, 0.3) is 0 Å². The maximum atomic E-state index is 13.2. The van der Waals surface area contributed by atoms with Crippen molar-refractivity contribution in [2.24, 2.45) is 5.92 Å². The highest BCUT2D eigenvalue weighted by Crippen LogP contribution is 2.26. The van der Waals surface area contributed by atoms with Gasteiger partial charge in [-0.3, -0.25) is 4.79 Å². The zero-order valence-electron chi connectivity index (χ0n) is 15.0. The summed E-state index contributed by atoms with van der Waals surface area (Å²) in [5.41, 5.74) is 0. The minimum Gasteiger partial charge on any atom is -0.356 e. The van der Waals surface area contributed by atoms with E-state index in [1.54, 1.807) is 0 Å². The number of pyridine rings is 1. The van der Waals surface area contributed by atoms with Gasteiger partial charge >= 0.3 is 0 Å². The number of aromatic nitrogens is 1. The molecule has 1 amide bonds. The van der Waals surface area contributed by atoms with Crippen LogP contribution < -0.4 is 4.90 Å². The third-order valence-corrected chi connectivity index (χ3v) is 5.23. The van der Waals surface area contributed by atoms with Gasteiger partial charge in [0, 0.05) is 38.4 Å². The third kappa shape index (κ3) is 4.07. The van der Waals surface area contributed by atoms with Gasteiger partial charge < -0.3 is 14.7 Å². The largest absolute Gasteiger partial charge is 0.356 e. The number of carbonyl (C=O) groups excluding carboxylic acids is 1. The monoisotopic (exact) mass is 330 g/mol. The van der Waals surface area contributed by atoms with Gasteiger partial charge in [-0.2, -0.15) is 0 Å².